The van der Waals surface area contributed by atoms with Gasteiger partial charge in [-0.2, -0.15) is 0 Å². The molecule has 0 saturated heterocycles. The van der Waals surface area contributed by atoms with Gasteiger partial charge in [0.15, 0.2) is 0 Å². The van der Waals surface area contributed by atoms with Gasteiger partial charge in [0.2, 0.25) is 5.91 Å². The first kappa shape index (κ1) is 17.4. The summed E-state index contributed by atoms with van der Waals surface area (Å²) in [5, 5.41) is 2.68. The summed E-state index contributed by atoms with van der Waals surface area (Å²) in [7, 11) is 0. The van der Waals surface area contributed by atoms with Crippen molar-refractivity contribution < 1.29 is 4.79 Å². The lowest BCUT2D eigenvalue weighted by Crippen LogP contribution is -2.34. The molecule has 0 radical (unpaired) electrons. The minimum atomic E-state index is -0.553. The van der Waals surface area contributed by atoms with E-state index < -0.39 is 11.2 Å². The maximum absolute atomic E-state index is 12.0. The summed E-state index contributed by atoms with van der Waals surface area (Å²) >= 11 is 0. The Morgan fingerprint density at radius 1 is 1.21 bits per heavy atom. The van der Waals surface area contributed by atoms with E-state index in [-0.39, 0.29) is 31.0 Å². The number of hydrogen-bond acceptors (Lipinski definition) is 5. The van der Waals surface area contributed by atoms with E-state index in [1.54, 1.807) is 13.8 Å². The van der Waals surface area contributed by atoms with E-state index in [1.165, 1.54) is 27.7 Å². The van der Waals surface area contributed by atoms with Gasteiger partial charge in [0, 0.05) is 49.6 Å². The highest BCUT2D eigenvalue weighted by molar-refractivity contribution is 5.75. The van der Waals surface area contributed by atoms with Crippen LogP contribution in [0.3, 0.4) is 0 Å². The average molecular weight is 333 g/mol. The lowest BCUT2D eigenvalue weighted by molar-refractivity contribution is -0.121. The second-order valence-corrected chi connectivity index (χ2v) is 5.36. The molecular weight excluding hydrogens is 314 g/mol. The van der Waals surface area contributed by atoms with Gasteiger partial charge >= 0.3 is 5.69 Å². The third kappa shape index (κ3) is 4.28. The topological polar surface area (TPSA) is 119 Å². The molecule has 2 N–H and O–H groups in total. The van der Waals surface area contributed by atoms with Crippen molar-refractivity contribution in [3.63, 3.8) is 0 Å². The molecule has 2 rings (SSSR count). The number of amides is 1. The first-order valence-electron chi connectivity index (χ1n) is 7.47. The molecule has 0 saturated carbocycles. The largest absolute Gasteiger partial charge is 0.354 e. The summed E-state index contributed by atoms with van der Waals surface area (Å²) in [5.74, 6) is -0.252. The molecule has 9 nitrogen and oxygen atoms in total. The number of carbonyl (C=O) groups excluding carboxylic acids is 1. The Labute approximate surface area is 137 Å². The summed E-state index contributed by atoms with van der Waals surface area (Å²) < 4.78 is 2.69. The predicted molar refractivity (Wildman–Crippen MR) is 86.9 cm³/mol. The maximum Gasteiger partial charge on any atom is 0.328 e. The zero-order valence-electron chi connectivity index (χ0n) is 13.5. The molecule has 2 heterocycles. The van der Waals surface area contributed by atoms with Gasteiger partial charge in [-0.25, -0.2) is 9.78 Å². The van der Waals surface area contributed by atoms with Crippen LogP contribution in [0.25, 0.3) is 0 Å². The van der Waals surface area contributed by atoms with Crippen molar-refractivity contribution in [1.82, 2.24) is 24.4 Å². The zero-order chi connectivity index (χ0) is 17.7. The number of carbonyl (C=O) groups is 1. The van der Waals surface area contributed by atoms with Crippen molar-refractivity contribution >= 4 is 5.91 Å². The van der Waals surface area contributed by atoms with Gasteiger partial charge in [0.1, 0.15) is 0 Å². The highest BCUT2D eigenvalue weighted by Gasteiger charge is 2.06. The molecule has 2 aromatic rings. The number of aryl methyl sites for hydroxylation is 2. The van der Waals surface area contributed by atoms with Crippen LogP contribution in [0.5, 0.6) is 0 Å². The predicted octanol–water partition coefficient (Wildman–Crippen LogP) is -1.08. The Kier molecular flexibility index (Phi) is 5.46. The van der Waals surface area contributed by atoms with Gasteiger partial charge in [-0.3, -0.25) is 23.9 Å². The molecule has 0 spiro atoms. The van der Waals surface area contributed by atoms with Crippen LogP contribution in [0.15, 0.2) is 33.0 Å². The van der Waals surface area contributed by atoms with Crippen LogP contribution >= 0.6 is 0 Å². The molecule has 0 fully saturated rings. The summed E-state index contributed by atoms with van der Waals surface area (Å²) in [6.07, 6.45) is 2.89. The number of aromatic nitrogens is 4. The normalized spacial score (nSPS) is 10.6. The quantitative estimate of drug-likeness (QED) is 0.697. The van der Waals surface area contributed by atoms with Gasteiger partial charge in [0.05, 0.1) is 6.33 Å². The summed E-state index contributed by atoms with van der Waals surface area (Å²) in [4.78, 5) is 52.4. The molecule has 128 valence electrons. The van der Waals surface area contributed by atoms with Crippen molar-refractivity contribution in [2.75, 3.05) is 6.54 Å². The number of nitrogens with zero attached hydrogens (tertiary/aromatic N) is 3. The number of rotatable bonds is 6. The minimum absolute atomic E-state index is 0.0893. The van der Waals surface area contributed by atoms with E-state index in [2.05, 4.69) is 15.3 Å². The molecule has 9 heteroatoms. The highest BCUT2D eigenvalue weighted by atomic mass is 16.2. The Morgan fingerprint density at radius 3 is 2.67 bits per heavy atom. The fraction of sp³-hybridized carbons (Fsp3) is 0.400. The molecule has 0 unspecified atom stereocenters. The minimum Gasteiger partial charge on any atom is -0.354 e. The summed E-state index contributed by atoms with van der Waals surface area (Å²) in [6.45, 7) is 4.23. The Hall–Kier alpha value is -2.97. The molecule has 0 atom stereocenters. The van der Waals surface area contributed by atoms with Crippen LogP contribution < -0.4 is 22.1 Å². The third-order valence-electron chi connectivity index (χ3n) is 3.67. The molecule has 0 bridgehead atoms. The van der Waals surface area contributed by atoms with Crippen LogP contribution in [0.2, 0.25) is 0 Å². The number of hydrogen-bond donors (Lipinski definition) is 2. The Bertz CT molecular complexity index is 909. The second-order valence-electron chi connectivity index (χ2n) is 5.36. The fourth-order valence-corrected chi connectivity index (χ4v) is 2.08. The summed E-state index contributed by atoms with van der Waals surface area (Å²) in [6, 6.07) is 1.22. The number of aromatic amines is 1. The van der Waals surface area contributed by atoms with Gasteiger partial charge in [0.25, 0.3) is 11.1 Å². The molecule has 2 aromatic heterocycles. The van der Waals surface area contributed by atoms with Gasteiger partial charge in [-0.15, -0.1) is 0 Å². The first-order chi connectivity index (χ1) is 11.4. The summed E-state index contributed by atoms with van der Waals surface area (Å²) in [5.41, 5.74) is 0.112. The van der Waals surface area contributed by atoms with Crippen molar-refractivity contribution in [2.45, 2.75) is 33.4 Å². The maximum atomic E-state index is 12.0. The standard InChI is InChI=1S/C15H19N5O4/c1-10-11(2)17-9-20(14(10)23)8-5-16-12(21)3-6-19-7-4-13(22)18-15(19)24/h4,7,9H,3,5-6,8H2,1-2H3,(H,16,21)(H,18,22,24). The van der Waals surface area contributed by atoms with Crippen LogP contribution in [-0.4, -0.2) is 31.6 Å². The lowest BCUT2D eigenvalue weighted by Gasteiger charge is -2.09. The molecular formula is C15H19N5O4. The number of H-pyrrole nitrogens is 1. The van der Waals surface area contributed by atoms with Gasteiger partial charge in [-0.1, -0.05) is 0 Å². The molecule has 0 aliphatic heterocycles. The van der Waals surface area contributed by atoms with Crippen molar-refractivity contribution in [3.05, 3.63) is 61.0 Å². The molecule has 24 heavy (non-hydrogen) atoms. The van der Waals surface area contributed by atoms with E-state index in [0.717, 1.165) is 0 Å². The van der Waals surface area contributed by atoms with Crippen molar-refractivity contribution in [1.29, 1.82) is 0 Å². The van der Waals surface area contributed by atoms with E-state index in [0.29, 0.717) is 17.8 Å². The SMILES string of the molecule is Cc1ncn(CCNC(=O)CCn2ccc(=O)[nH]c2=O)c(=O)c1C. The van der Waals surface area contributed by atoms with E-state index in [4.69, 9.17) is 0 Å². The third-order valence-corrected chi connectivity index (χ3v) is 3.67. The average Bonchev–Trinajstić information content (AvgIpc) is 2.54. The molecule has 0 aliphatic rings. The molecule has 0 aliphatic carbocycles. The molecule has 0 aromatic carbocycles. The lowest BCUT2D eigenvalue weighted by atomic mass is 10.3. The Morgan fingerprint density at radius 2 is 1.96 bits per heavy atom. The smallest absolute Gasteiger partial charge is 0.328 e. The first-order valence-corrected chi connectivity index (χ1v) is 7.47. The monoisotopic (exact) mass is 333 g/mol. The fourth-order valence-electron chi connectivity index (χ4n) is 2.08. The van der Waals surface area contributed by atoms with Crippen LogP contribution in [0, 0.1) is 13.8 Å². The number of nitrogens with one attached hydrogen (secondary N) is 2. The molecule has 1 amide bonds. The van der Waals surface area contributed by atoms with E-state index in [9.17, 15) is 19.2 Å². The highest BCUT2D eigenvalue weighted by Crippen LogP contribution is 1.94. The van der Waals surface area contributed by atoms with Gasteiger partial charge in [-0.05, 0) is 13.8 Å². The van der Waals surface area contributed by atoms with Crippen LogP contribution in [0.4, 0.5) is 0 Å². The van der Waals surface area contributed by atoms with Crippen molar-refractivity contribution in [2.24, 2.45) is 0 Å². The van der Waals surface area contributed by atoms with E-state index in [1.807, 2.05) is 0 Å². The second kappa shape index (κ2) is 7.53. The Balaban J connectivity index is 1.84. The van der Waals surface area contributed by atoms with Crippen LogP contribution in [0.1, 0.15) is 17.7 Å². The zero-order valence-corrected chi connectivity index (χ0v) is 13.5. The van der Waals surface area contributed by atoms with Crippen LogP contribution in [-0.2, 0) is 17.9 Å². The van der Waals surface area contributed by atoms with Crippen molar-refractivity contribution in [3.8, 4) is 0 Å². The van der Waals surface area contributed by atoms with E-state index >= 15 is 0 Å². The van der Waals surface area contributed by atoms with Gasteiger partial charge < -0.3 is 9.88 Å².